The van der Waals surface area contributed by atoms with Gasteiger partial charge in [0.05, 0.1) is 17.3 Å². The van der Waals surface area contributed by atoms with E-state index in [1.807, 2.05) is 42.5 Å². The second-order valence-electron chi connectivity index (χ2n) is 10.1. The molecule has 0 bridgehead atoms. The minimum Gasteiger partial charge on any atom is -0.372 e. The van der Waals surface area contributed by atoms with Crippen LogP contribution in [0.1, 0.15) is 48.8 Å². The van der Waals surface area contributed by atoms with E-state index in [1.54, 1.807) is 31.6 Å². The van der Waals surface area contributed by atoms with Crippen molar-refractivity contribution in [2.24, 2.45) is 11.7 Å². The fourth-order valence-electron chi connectivity index (χ4n) is 5.24. The third-order valence-electron chi connectivity index (χ3n) is 7.75. The molecule has 2 fully saturated rings. The van der Waals surface area contributed by atoms with Gasteiger partial charge in [-0.2, -0.15) is 0 Å². The van der Waals surface area contributed by atoms with Crippen molar-refractivity contribution >= 4 is 11.6 Å². The zero-order valence-electron chi connectivity index (χ0n) is 20.5. The Balaban J connectivity index is 1.37. The molecule has 2 heterocycles. The molecule has 5 rings (SSSR count). The molecule has 1 aliphatic heterocycles. The van der Waals surface area contributed by atoms with Gasteiger partial charge in [0.15, 0.2) is 0 Å². The Morgan fingerprint density at radius 3 is 2.61 bits per heavy atom. The third kappa shape index (κ3) is 4.91. The summed E-state index contributed by atoms with van der Waals surface area (Å²) in [6, 6.07) is 17.9. The average molecular weight is 489 g/mol. The Hall–Kier alpha value is -3.13. The number of hydrogen-bond acceptors (Lipinski definition) is 5. The van der Waals surface area contributed by atoms with Gasteiger partial charge >= 0.3 is 0 Å². The van der Waals surface area contributed by atoms with Crippen LogP contribution in [0.25, 0.3) is 0 Å². The van der Waals surface area contributed by atoms with Crippen LogP contribution < -0.4 is 16.4 Å². The molecule has 0 spiro atoms. The number of methoxy groups -OCH3 is 1. The lowest BCUT2D eigenvalue weighted by Crippen LogP contribution is -2.39. The van der Waals surface area contributed by atoms with Gasteiger partial charge in [-0.25, -0.2) is 4.39 Å². The number of aromatic nitrogens is 1. The van der Waals surface area contributed by atoms with E-state index < -0.39 is 23.0 Å². The number of nitrogens with zero attached hydrogens (tertiary/aromatic N) is 1. The first-order valence-electron chi connectivity index (χ1n) is 12.6. The molecule has 6 nitrogen and oxygen atoms in total. The smallest absolute Gasteiger partial charge is 0.241 e. The fourth-order valence-corrected chi connectivity index (χ4v) is 5.24. The minimum absolute atomic E-state index is 0.129. The molecule has 7 heteroatoms. The van der Waals surface area contributed by atoms with Crippen LogP contribution in [0.2, 0.25) is 0 Å². The monoisotopic (exact) mass is 488 g/mol. The summed E-state index contributed by atoms with van der Waals surface area (Å²) in [5.41, 5.74) is 8.42. The largest absolute Gasteiger partial charge is 0.372 e. The molecule has 188 valence electrons. The van der Waals surface area contributed by atoms with Gasteiger partial charge in [-0.05, 0) is 59.7 Å². The van der Waals surface area contributed by atoms with Gasteiger partial charge in [-0.1, -0.05) is 49.2 Å². The summed E-state index contributed by atoms with van der Waals surface area (Å²) < 4.78 is 20.8. The number of pyridine rings is 1. The molecular weight excluding hydrogens is 455 g/mol. The molecule has 3 unspecified atom stereocenters. The predicted molar refractivity (Wildman–Crippen MR) is 138 cm³/mol. The molecule has 1 aromatic heterocycles. The van der Waals surface area contributed by atoms with Crippen LogP contribution >= 0.6 is 0 Å². The molecule has 4 N–H and O–H groups in total. The number of anilines is 1. The second-order valence-corrected chi connectivity index (χ2v) is 10.1. The summed E-state index contributed by atoms with van der Waals surface area (Å²) in [5, 5.41) is 6.06. The first-order valence-corrected chi connectivity index (χ1v) is 12.6. The molecule has 36 heavy (non-hydrogen) atoms. The number of benzene rings is 2. The maximum absolute atomic E-state index is 14.9. The number of hydrogen-bond donors (Lipinski definition) is 3. The van der Waals surface area contributed by atoms with Crippen LogP contribution in [0.15, 0.2) is 73.1 Å². The van der Waals surface area contributed by atoms with Crippen molar-refractivity contribution in [2.45, 2.75) is 49.3 Å². The van der Waals surface area contributed by atoms with Gasteiger partial charge in [0.25, 0.3) is 0 Å². The second kappa shape index (κ2) is 10.1. The number of amides is 1. The summed E-state index contributed by atoms with van der Waals surface area (Å²) in [6.07, 6.45) is 8.09. The van der Waals surface area contributed by atoms with Crippen LogP contribution in [0.5, 0.6) is 0 Å². The fraction of sp³-hybridized carbons (Fsp3) is 0.379. The van der Waals surface area contributed by atoms with Crippen LogP contribution in [-0.2, 0) is 20.7 Å². The highest BCUT2D eigenvalue weighted by Crippen LogP contribution is 2.40. The van der Waals surface area contributed by atoms with Crippen LogP contribution in [0, 0.1) is 11.7 Å². The van der Waals surface area contributed by atoms with Crippen molar-refractivity contribution in [1.29, 1.82) is 0 Å². The number of nitrogens with one attached hydrogen (secondary N) is 2. The van der Waals surface area contributed by atoms with Crippen LogP contribution in [-0.4, -0.2) is 30.6 Å². The van der Waals surface area contributed by atoms with E-state index in [0.29, 0.717) is 18.9 Å². The normalized spacial score (nSPS) is 23.2. The summed E-state index contributed by atoms with van der Waals surface area (Å²) in [7, 11) is 1.65. The van der Waals surface area contributed by atoms with Crippen LogP contribution in [0.3, 0.4) is 0 Å². The third-order valence-corrected chi connectivity index (χ3v) is 7.75. The lowest BCUT2D eigenvalue weighted by Gasteiger charge is -2.31. The molecular formula is C29H33FN4O2. The Morgan fingerprint density at radius 1 is 1.17 bits per heavy atom. The topological polar surface area (TPSA) is 89.3 Å². The zero-order chi connectivity index (χ0) is 25.2. The first-order chi connectivity index (χ1) is 17.4. The highest BCUT2D eigenvalue weighted by molar-refractivity contribution is 5.95. The van der Waals surface area contributed by atoms with Gasteiger partial charge in [-0.15, -0.1) is 0 Å². The van der Waals surface area contributed by atoms with Crippen LogP contribution in [0.4, 0.5) is 10.1 Å². The Morgan fingerprint density at radius 2 is 1.92 bits per heavy atom. The van der Waals surface area contributed by atoms with E-state index in [4.69, 9.17) is 10.5 Å². The predicted octanol–water partition coefficient (Wildman–Crippen LogP) is 4.46. The van der Waals surface area contributed by atoms with E-state index in [-0.39, 0.29) is 11.6 Å². The van der Waals surface area contributed by atoms with Gasteiger partial charge < -0.3 is 21.1 Å². The molecule has 1 aliphatic carbocycles. The minimum atomic E-state index is -0.803. The maximum atomic E-state index is 14.9. The highest BCUT2D eigenvalue weighted by Gasteiger charge is 2.43. The number of carbonyl (C=O) groups is 1. The zero-order valence-corrected chi connectivity index (χ0v) is 20.5. The Bertz CT molecular complexity index is 1200. The number of carbonyl (C=O) groups excluding carboxylic acids is 1. The molecule has 1 saturated carbocycles. The van der Waals surface area contributed by atoms with Crippen molar-refractivity contribution in [3.05, 3.63) is 95.6 Å². The summed E-state index contributed by atoms with van der Waals surface area (Å²) in [4.78, 5) is 17.3. The molecule has 3 atom stereocenters. The summed E-state index contributed by atoms with van der Waals surface area (Å²) in [6.45, 7) is 0.489. The Labute approximate surface area is 211 Å². The van der Waals surface area contributed by atoms with E-state index in [2.05, 4.69) is 15.6 Å². The van der Waals surface area contributed by atoms with Gasteiger partial charge in [0.2, 0.25) is 5.91 Å². The number of rotatable bonds is 9. The molecule has 1 amide bonds. The SMILES string of the molecule is COC1(c2ccccc2)CNC(C(=O)Nc2cc(C(N)(CCC3CC3)c3ccncc3)ccc2F)C1. The highest BCUT2D eigenvalue weighted by atomic mass is 19.1. The van der Waals surface area contributed by atoms with Gasteiger partial charge in [0.1, 0.15) is 11.4 Å². The standard InChI is InChI=1S/C29H33FN4O2/c1-36-28(21-5-3-2-4-6-21)18-26(33-19-28)27(35)34-25-17-23(9-10-24(25)30)29(31,14-11-20-7-8-20)22-12-15-32-16-13-22/h2-6,9-10,12-13,15-17,20,26,33H,7-8,11,14,18-19,31H2,1H3,(H,34,35). The molecule has 3 aromatic rings. The van der Waals surface area contributed by atoms with Gasteiger partial charge in [-0.3, -0.25) is 9.78 Å². The molecule has 0 radical (unpaired) electrons. The Kier molecular flexibility index (Phi) is 6.88. The van der Waals surface area contributed by atoms with Crippen molar-refractivity contribution in [1.82, 2.24) is 10.3 Å². The molecule has 2 aliphatic rings. The summed E-state index contributed by atoms with van der Waals surface area (Å²) in [5.74, 6) is -0.0932. The van der Waals surface area contributed by atoms with Gasteiger partial charge in [0, 0.05) is 32.5 Å². The lowest BCUT2D eigenvalue weighted by atomic mass is 9.79. The van der Waals surface area contributed by atoms with E-state index >= 15 is 0 Å². The summed E-state index contributed by atoms with van der Waals surface area (Å²) >= 11 is 0. The lowest BCUT2D eigenvalue weighted by molar-refractivity contribution is -0.118. The average Bonchev–Trinajstić information content (AvgIpc) is 3.65. The van der Waals surface area contributed by atoms with E-state index in [9.17, 15) is 9.18 Å². The maximum Gasteiger partial charge on any atom is 0.241 e. The van der Waals surface area contributed by atoms with E-state index in [0.717, 1.165) is 29.5 Å². The van der Waals surface area contributed by atoms with Crippen molar-refractivity contribution in [3.8, 4) is 0 Å². The number of ether oxygens (including phenoxy) is 1. The van der Waals surface area contributed by atoms with Crippen molar-refractivity contribution < 1.29 is 13.9 Å². The first kappa shape index (κ1) is 24.6. The quantitative estimate of drug-likeness (QED) is 0.414. The number of halogens is 1. The van der Waals surface area contributed by atoms with E-state index in [1.165, 1.54) is 18.9 Å². The molecule has 2 aromatic carbocycles. The molecule has 1 saturated heterocycles. The number of nitrogens with two attached hydrogens (primary N) is 1. The van der Waals surface area contributed by atoms with Crippen molar-refractivity contribution in [3.63, 3.8) is 0 Å². The van der Waals surface area contributed by atoms with Crippen molar-refractivity contribution in [2.75, 3.05) is 19.0 Å².